The predicted octanol–water partition coefficient (Wildman–Crippen LogP) is 2.64. The highest BCUT2D eigenvalue weighted by Gasteiger charge is 2.33. The molecule has 1 atom stereocenters. The number of hydrogen-bond donors (Lipinski definition) is 2. The molecule has 0 amide bonds. The van der Waals surface area contributed by atoms with Crippen molar-refractivity contribution in [1.82, 2.24) is 15.5 Å². The number of allylic oxidation sites excluding steroid dienone is 1. The molecular weight excluding hydrogens is 406 g/mol. The zero-order valence-corrected chi connectivity index (χ0v) is 14.2. The topological polar surface area (TPSA) is 87.5 Å². The third kappa shape index (κ3) is 3.06. The number of aliphatic carboxylic acids is 1. The lowest BCUT2D eigenvalue weighted by atomic mass is 9.95. The molecule has 124 valence electrons. The molecule has 2 heterocycles. The van der Waals surface area contributed by atoms with E-state index in [0.29, 0.717) is 16.8 Å². The molecule has 1 aromatic heterocycles. The van der Waals surface area contributed by atoms with Crippen LogP contribution < -0.4 is 5.32 Å². The van der Waals surface area contributed by atoms with Crippen LogP contribution in [-0.2, 0) is 4.79 Å². The summed E-state index contributed by atoms with van der Waals surface area (Å²) in [5.74, 6) is -2.58. The van der Waals surface area contributed by atoms with Gasteiger partial charge in [0.2, 0.25) is 0 Å². The molecule has 1 aromatic carbocycles. The average Bonchev–Trinajstić information content (AvgIpc) is 3.08. The average molecular weight is 415 g/mol. The summed E-state index contributed by atoms with van der Waals surface area (Å²) in [4.78, 5) is 15.9. The van der Waals surface area contributed by atoms with Crippen LogP contribution in [0.2, 0.25) is 0 Å². The highest BCUT2D eigenvalue weighted by molar-refractivity contribution is 9.09. The summed E-state index contributed by atoms with van der Waals surface area (Å²) in [6.07, 6.45) is 0. The molecule has 3 rings (SSSR count). The summed E-state index contributed by atoms with van der Waals surface area (Å²) in [7, 11) is 0. The van der Waals surface area contributed by atoms with E-state index in [4.69, 9.17) is 0 Å². The fraction of sp³-hybridized carbons (Fsp3) is 0.143. The molecule has 0 fully saturated rings. The third-order valence-corrected chi connectivity index (χ3v) is 4.57. The minimum absolute atomic E-state index is 0.0317. The van der Waals surface area contributed by atoms with Crippen molar-refractivity contribution in [3.63, 3.8) is 0 Å². The van der Waals surface area contributed by atoms with Crippen LogP contribution in [0.3, 0.4) is 0 Å². The number of amidine groups is 1. The Morgan fingerprint density at radius 2 is 2.21 bits per heavy atom. The van der Waals surface area contributed by atoms with Crippen molar-refractivity contribution in [2.24, 2.45) is 4.99 Å². The second-order valence-electron chi connectivity index (χ2n) is 4.75. The van der Waals surface area contributed by atoms with Gasteiger partial charge in [-0.3, -0.25) is 4.99 Å². The number of carboxylic acids is 1. The summed E-state index contributed by atoms with van der Waals surface area (Å²) in [6, 6.07) is 1.82. The lowest BCUT2D eigenvalue weighted by molar-refractivity contribution is -0.133. The van der Waals surface area contributed by atoms with Crippen molar-refractivity contribution < 1.29 is 18.7 Å². The Hall–Kier alpha value is -2.20. The van der Waals surface area contributed by atoms with Gasteiger partial charge in [-0.15, -0.1) is 10.2 Å². The minimum atomic E-state index is -1.24. The van der Waals surface area contributed by atoms with E-state index in [1.54, 1.807) is 0 Å². The van der Waals surface area contributed by atoms with Gasteiger partial charge in [0.1, 0.15) is 23.2 Å². The number of benzene rings is 1. The second kappa shape index (κ2) is 6.73. The number of alkyl halides is 1. The molecular formula is C14H9BrF2N4O2S. The summed E-state index contributed by atoms with van der Waals surface area (Å²) in [6.45, 7) is 0. The Kier molecular flexibility index (Phi) is 4.67. The summed E-state index contributed by atoms with van der Waals surface area (Å²) in [5.41, 5.74) is 1.66. The van der Waals surface area contributed by atoms with Gasteiger partial charge in [-0.05, 0) is 6.07 Å². The maximum Gasteiger partial charge on any atom is 0.335 e. The second-order valence-corrected chi connectivity index (χ2v) is 6.14. The number of rotatable bonds is 4. The standard InChI is InChI=1S/C14H9BrF2N4O2S/c15-4-9-10(14(22)23)11(7-2-1-6(16)3-8(7)17)20-12(19-9)13-21-18-5-24-13/h1-3,5,11H,4H2,(H,19,20)(H,22,23). The predicted molar refractivity (Wildman–Crippen MR) is 87.1 cm³/mol. The van der Waals surface area contributed by atoms with Gasteiger partial charge in [0.05, 0.1) is 5.57 Å². The third-order valence-electron chi connectivity index (χ3n) is 3.31. The molecule has 2 N–H and O–H groups in total. The minimum Gasteiger partial charge on any atom is -0.478 e. The number of aliphatic imine (C=N–C) groups is 1. The molecule has 10 heteroatoms. The van der Waals surface area contributed by atoms with Crippen molar-refractivity contribution in [1.29, 1.82) is 0 Å². The van der Waals surface area contributed by atoms with Crippen molar-refractivity contribution in [2.75, 3.05) is 5.33 Å². The number of nitrogens with one attached hydrogen (secondary N) is 1. The first-order chi connectivity index (χ1) is 11.5. The van der Waals surface area contributed by atoms with Crippen molar-refractivity contribution in [2.45, 2.75) is 6.04 Å². The van der Waals surface area contributed by atoms with Crippen LogP contribution in [-0.4, -0.2) is 32.4 Å². The SMILES string of the molecule is O=C(O)C1=C(CBr)NC(c2nncs2)=NC1c1ccc(F)cc1F. The van der Waals surface area contributed by atoms with Crippen LogP contribution in [0.4, 0.5) is 8.78 Å². The molecule has 0 saturated heterocycles. The molecule has 0 bridgehead atoms. The number of carbonyl (C=O) groups is 1. The van der Waals surface area contributed by atoms with Crippen LogP contribution in [0.1, 0.15) is 16.6 Å². The Morgan fingerprint density at radius 3 is 2.79 bits per heavy atom. The zero-order valence-electron chi connectivity index (χ0n) is 11.8. The van der Waals surface area contributed by atoms with Crippen LogP contribution >= 0.6 is 27.3 Å². The molecule has 0 spiro atoms. The summed E-state index contributed by atoms with van der Waals surface area (Å²) in [5, 5.41) is 20.6. The van der Waals surface area contributed by atoms with Crippen LogP contribution in [0.25, 0.3) is 0 Å². The van der Waals surface area contributed by atoms with Crippen molar-refractivity contribution in [3.05, 3.63) is 57.2 Å². The fourth-order valence-corrected chi connectivity index (χ4v) is 3.23. The lowest BCUT2D eigenvalue weighted by Crippen LogP contribution is -2.34. The van der Waals surface area contributed by atoms with E-state index in [-0.39, 0.29) is 22.3 Å². The number of halogens is 3. The monoisotopic (exact) mass is 414 g/mol. The number of hydrogen-bond acceptors (Lipinski definition) is 6. The largest absolute Gasteiger partial charge is 0.478 e. The molecule has 1 aliphatic heterocycles. The molecule has 1 aliphatic rings. The lowest BCUT2D eigenvalue weighted by Gasteiger charge is -2.25. The van der Waals surface area contributed by atoms with Gasteiger partial charge in [0.25, 0.3) is 0 Å². The highest BCUT2D eigenvalue weighted by atomic mass is 79.9. The molecule has 1 unspecified atom stereocenters. The van der Waals surface area contributed by atoms with Gasteiger partial charge in [-0.2, -0.15) is 0 Å². The Morgan fingerprint density at radius 1 is 1.42 bits per heavy atom. The zero-order chi connectivity index (χ0) is 17.3. The number of carboxylic acid groups (broad SMARTS) is 1. The maximum atomic E-state index is 14.2. The summed E-state index contributed by atoms with van der Waals surface area (Å²) < 4.78 is 27.4. The van der Waals surface area contributed by atoms with E-state index in [0.717, 1.165) is 6.07 Å². The highest BCUT2D eigenvalue weighted by Crippen LogP contribution is 2.34. The van der Waals surface area contributed by atoms with Gasteiger partial charge in [-0.25, -0.2) is 13.6 Å². The van der Waals surface area contributed by atoms with Gasteiger partial charge >= 0.3 is 5.97 Å². The Labute approximate surface area is 147 Å². The molecule has 0 radical (unpaired) electrons. The number of aromatic nitrogens is 2. The van der Waals surface area contributed by atoms with Crippen molar-refractivity contribution in [3.8, 4) is 0 Å². The molecule has 0 saturated carbocycles. The van der Waals surface area contributed by atoms with E-state index in [1.165, 1.54) is 22.9 Å². The van der Waals surface area contributed by atoms with E-state index >= 15 is 0 Å². The van der Waals surface area contributed by atoms with E-state index in [9.17, 15) is 18.7 Å². The Balaban J connectivity index is 2.17. The van der Waals surface area contributed by atoms with E-state index < -0.39 is 23.6 Å². The molecule has 6 nitrogen and oxygen atoms in total. The smallest absolute Gasteiger partial charge is 0.335 e. The van der Waals surface area contributed by atoms with E-state index in [2.05, 4.69) is 36.4 Å². The maximum absolute atomic E-state index is 14.2. The first-order valence-corrected chi connectivity index (χ1v) is 8.60. The quantitative estimate of drug-likeness (QED) is 0.750. The Bertz CT molecular complexity index is 854. The normalized spacial score (nSPS) is 17.5. The molecule has 24 heavy (non-hydrogen) atoms. The first-order valence-electron chi connectivity index (χ1n) is 6.60. The fourth-order valence-electron chi connectivity index (χ4n) is 2.29. The number of nitrogens with zero attached hydrogens (tertiary/aromatic N) is 3. The molecule has 0 aliphatic carbocycles. The van der Waals surface area contributed by atoms with Gasteiger partial charge in [0, 0.05) is 22.7 Å². The van der Waals surface area contributed by atoms with Crippen LogP contribution in [0.15, 0.2) is 40.0 Å². The summed E-state index contributed by atoms with van der Waals surface area (Å²) >= 11 is 4.42. The van der Waals surface area contributed by atoms with Gasteiger partial charge < -0.3 is 10.4 Å². The van der Waals surface area contributed by atoms with Crippen LogP contribution in [0, 0.1) is 11.6 Å². The van der Waals surface area contributed by atoms with Gasteiger partial charge in [-0.1, -0.05) is 33.3 Å². The van der Waals surface area contributed by atoms with Crippen molar-refractivity contribution >= 4 is 39.1 Å². The first kappa shape index (κ1) is 16.7. The molecule has 2 aromatic rings. The van der Waals surface area contributed by atoms with Crippen LogP contribution in [0.5, 0.6) is 0 Å². The van der Waals surface area contributed by atoms with Gasteiger partial charge in [0.15, 0.2) is 10.8 Å². The van der Waals surface area contributed by atoms with E-state index in [1.807, 2.05) is 0 Å².